The van der Waals surface area contributed by atoms with Gasteiger partial charge in [0.25, 0.3) is 0 Å². The van der Waals surface area contributed by atoms with Crippen LogP contribution in [0.4, 0.5) is 9.80 Å². The fourth-order valence-electron chi connectivity index (χ4n) is 3.59. The molecule has 1 aromatic heterocycles. The number of hydrogen-bond donors (Lipinski definition) is 1. The van der Waals surface area contributed by atoms with Gasteiger partial charge < -0.3 is 4.90 Å². The highest BCUT2D eigenvalue weighted by Gasteiger charge is 2.31. The Labute approximate surface area is 146 Å². The highest BCUT2D eigenvalue weighted by Crippen LogP contribution is 2.26. The number of nitrogens with zero attached hydrogens (tertiary/aromatic N) is 3. The topological polar surface area (TPSA) is 48.5 Å². The van der Waals surface area contributed by atoms with E-state index in [0.717, 1.165) is 35.8 Å². The molecule has 1 N–H and O–H groups in total. The molecule has 2 aliphatic heterocycles. The Kier molecular flexibility index (Phi) is 4.49. The molecule has 4 rings (SSSR count). The summed E-state index contributed by atoms with van der Waals surface area (Å²) in [7, 11) is 0. The number of hydrogen-bond acceptors (Lipinski definition) is 4. The third-order valence-electron chi connectivity index (χ3n) is 4.92. The van der Waals surface area contributed by atoms with Crippen LogP contribution in [0.2, 0.25) is 0 Å². The van der Waals surface area contributed by atoms with Crippen LogP contribution < -0.4 is 5.32 Å². The van der Waals surface area contributed by atoms with Gasteiger partial charge in [0, 0.05) is 30.8 Å². The second kappa shape index (κ2) is 6.91. The fourth-order valence-corrected chi connectivity index (χ4v) is 4.25. The molecule has 2 amide bonds. The summed E-state index contributed by atoms with van der Waals surface area (Å²) in [5.41, 5.74) is 1.98. The van der Waals surface area contributed by atoms with Gasteiger partial charge in [0.1, 0.15) is 5.00 Å². The van der Waals surface area contributed by atoms with Crippen LogP contribution in [-0.4, -0.2) is 52.4 Å². The van der Waals surface area contributed by atoms with Crippen LogP contribution in [0, 0.1) is 0 Å². The molecule has 0 saturated carbocycles. The van der Waals surface area contributed by atoms with Crippen molar-refractivity contribution in [3.05, 3.63) is 36.4 Å². The van der Waals surface area contributed by atoms with E-state index >= 15 is 0 Å². The van der Waals surface area contributed by atoms with Crippen LogP contribution in [0.1, 0.15) is 19.3 Å². The third kappa shape index (κ3) is 3.30. The molecule has 0 aliphatic carbocycles. The Balaban J connectivity index is 1.36. The summed E-state index contributed by atoms with van der Waals surface area (Å²) >= 11 is 1.34. The van der Waals surface area contributed by atoms with E-state index in [1.165, 1.54) is 37.5 Å². The molecule has 2 aromatic rings. The molecule has 6 heteroatoms. The molecule has 3 heterocycles. The molecule has 0 spiro atoms. The van der Waals surface area contributed by atoms with Gasteiger partial charge in [-0.05, 0) is 43.9 Å². The van der Waals surface area contributed by atoms with Crippen molar-refractivity contribution in [3.63, 3.8) is 0 Å². The minimum absolute atomic E-state index is 0.0000383. The molecular weight excluding hydrogens is 320 g/mol. The summed E-state index contributed by atoms with van der Waals surface area (Å²) in [6.07, 6.45) is 3.68. The number of benzene rings is 1. The van der Waals surface area contributed by atoms with Gasteiger partial charge in [-0.2, -0.15) is 4.37 Å². The normalized spacial score (nSPS) is 21.3. The van der Waals surface area contributed by atoms with E-state index in [2.05, 4.69) is 14.6 Å². The zero-order chi connectivity index (χ0) is 16.4. The Bertz CT molecular complexity index is 696. The number of aromatic nitrogens is 1. The van der Waals surface area contributed by atoms with Crippen molar-refractivity contribution in [1.82, 2.24) is 14.2 Å². The predicted octanol–water partition coefficient (Wildman–Crippen LogP) is 3.51. The summed E-state index contributed by atoms with van der Waals surface area (Å²) in [5.74, 6) is 0. The van der Waals surface area contributed by atoms with E-state index in [9.17, 15) is 4.79 Å². The molecule has 0 bridgehead atoms. The molecule has 0 unspecified atom stereocenters. The van der Waals surface area contributed by atoms with Crippen LogP contribution in [0.25, 0.3) is 11.3 Å². The molecule has 1 atom stereocenters. The second-order valence-electron chi connectivity index (χ2n) is 6.50. The molecule has 2 saturated heterocycles. The van der Waals surface area contributed by atoms with E-state index in [1.807, 2.05) is 41.3 Å². The molecule has 24 heavy (non-hydrogen) atoms. The van der Waals surface area contributed by atoms with E-state index in [-0.39, 0.29) is 6.03 Å². The van der Waals surface area contributed by atoms with Crippen molar-refractivity contribution in [3.8, 4) is 11.3 Å². The van der Waals surface area contributed by atoms with Crippen LogP contribution >= 0.6 is 11.5 Å². The number of nitrogens with one attached hydrogen (secondary N) is 1. The smallest absolute Gasteiger partial charge is 0.322 e. The Morgan fingerprint density at radius 2 is 1.96 bits per heavy atom. The first kappa shape index (κ1) is 15.6. The monoisotopic (exact) mass is 342 g/mol. The van der Waals surface area contributed by atoms with E-state index in [0.29, 0.717) is 6.04 Å². The second-order valence-corrected chi connectivity index (χ2v) is 7.31. The molecule has 5 nitrogen and oxygen atoms in total. The van der Waals surface area contributed by atoms with Crippen molar-refractivity contribution in [1.29, 1.82) is 0 Å². The number of urea groups is 1. The van der Waals surface area contributed by atoms with Crippen LogP contribution in [0.3, 0.4) is 0 Å². The SMILES string of the molecule is O=C(Nc1cc(-c2ccccc2)ns1)N1CC[C@@H](N2CCCC2)C1. The van der Waals surface area contributed by atoms with Crippen LogP contribution in [-0.2, 0) is 0 Å². The maximum atomic E-state index is 12.5. The average Bonchev–Trinajstić information content (AvgIpc) is 3.36. The van der Waals surface area contributed by atoms with Crippen molar-refractivity contribution in [2.24, 2.45) is 0 Å². The first-order valence-electron chi connectivity index (χ1n) is 8.62. The minimum atomic E-state index is -0.0000383. The van der Waals surface area contributed by atoms with Gasteiger partial charge in [0.05, 0.1) is 5.69 Å². The number of anilines is 1. The van der Waals surface area contributed by atoms with Gasteiger partial charge in [0.2, 0.25) is 0 Å². The zero-order valence-electron chi connectivity index (χ0n) is 13.6. The predicted molar refractivity (Wildman–Crippen MR) is 97.4 cm³/mol. The Hall–Kier alpha value is -1.92. The molecule has 2 aliphatic rings. The van der Waals surface area contributed by atoms with Gasteiger partial charge in [0.15, 0.2) is 0 Å². The third-order valence-corrected chi connectivity index (χ3v) is 5.62. The fraction of sp³-hybridized carbons (Fsp3) is 0.444. The lowest BCUT2D eigenvalue weighted by atomic mass is 10.2. The first-order valence-corrected chi connectivity index (χ1v) is 9.39. The molecule has 126 valence electrons. The molecule has 0 radical (unpaired) electrons. The van der Waals surface area contributed by atoms with Gasteiger partial charge in [-0.25, -0.2) is 4.79 Å². The largest absolute Gasteiger partial charge is 0.323 e. The van der Waals surface area contributed by atoms with Gasteiger partial charge >= 0.3 is 6.03 Å². The summed E-state index contributed by atoms with van der Waals surface area (Å²) in [5, 5.41) is 3.82. The summed E-state index contributed by atoms with van der Waals surface area (Å²) in [4.78, 5) is 17.0. The summed E-state index contributed by atoms with van der Waals surface area (Å²) in [6, 6.07) is 12.5. The molecular formula is C18H22N4OS. The van der Waals surface area contributed by atoms with Crippen molar-refractivity contribution in [2.45, 2.75) is 25.3 Å². The first-order chi connectivity index (χ1) is 11.8. The maximum Gasteiger partial charge on any atom is 0.322 e. The Morgan fingerprint density at radius 1 is 1.17 bits per heavy atom. The number of carbonyl (C=O) groups is 1. The standard InChI is InChI=1S/C18H22N4OS/c23-18(22-11-8-15(13-22)21-9-4-5-10-21)19-17-12-16(20-24-17)14-6-2-1-3-7-14/h1-3,6-7,12,15H,4-5,8-11,13H2,(H,19,23)/t15-/m1/s1. The highest BCUT2D eigenvalue weighted by atomic mass is 32.1. The lowest BCUT2D eigenvalue weighted by Gasteiger charge is -2.23. The van der Waals surface area contributed by atoms with E-state index in [4.69, 9.17) is 0 Å². The highest BCUT2D eigenvalue weighted by molar-refractivity contribution is 7.10. The number of carbonyl (C=O) groups excluding carboxylic acids is 1. The molecule has 1 aromatic carbocycles. The lowest BCUT2D eigenvalue weighted by molar-refractivity contribution is 0.210. The van der Waals surface area contributed by atoms with Gasteiger partial charge in [-0.15, -0.1) is 0 Å². The summed E-state index contributed by atoms with van der Waals surface area (Å²) in [6.45, 7) is 4.07. The van der Waals surface area contributed by atoms with Gasteiger partial charge in [-0.1, -0.05) is 30.3 Å². The quantitative estimate of drug-likeness (QED) is 0.928. The van der Waals surface area contributed by atoms with Crippen LogP contribution in [0.5, 0.6) is 0 Å². The van der Waals surface area contributed by atoms with Gasteiger partial charge in [-0.3, -0.25) is 10.2 Å². The van der Waals surface area contributed by atoms with Crippen molar-refractivity contribution < 1.29 is 4.79 Å². The lowest BCUT2D eigenvalue weighted by Crippen LogP contribution is -2.38. The Morgan fingerprint density at radius 3 is 2.75 bits per heavy atom. The average molecular weight is 342 g/mol. The van der Waals surface area contributed by atoms with Crippen LogP contribution in [0.15, 0.2) is 36.4 Å². The molecule has 2 fully saturated rings. The zero-order valence-corrected chi connectivity index (χ0v) is 14.5. The van der Waals surface area contributed by atoms with E-state index < -0.39 is 0 Å². The van der Waals surface area contributed by atoms with Crippen molar-refractivity contribution >= 4 is 22.6 Å². The van der Waals surface area contributed by atoms with E-state index in [1.54, 1.807) is 0 Å². The number of likely N-dealkylation sites (tertiary alicyclic amines) is 2. The summed E-state index contributed by atoms with van der Waals surface area (Å²) < 4.78 is 4.44. The minimum Gasteiger partial charge on any atom is -0.323 e. The number of rotatable bonds is 3. The maximum absolute atomic E-state index is 12.5. The number of amides is 2. The van der Waals surface area contributed by atoms with Crippen molar-refractivity contribution in [2.75, 3.05) is 31.5 Å².